The number of carbonyl (C=O) groups excluding carboxylic acids is 2. The van der Waals surface area contributed by atoms with Crippen molar-refractivity contribution in [3.05, 3.63) is 57.1 Å². The number of hydrogen-bond acceptors (Lipinski definition) is 7. The van der Waals surface area contributed by atoms with Crippen LogP contribution in [0.1, 0.15) is 18.2 Å². The van der Waals surface area contributed by atoms with Crippen LogP contribution in [-0.2, 0) is 20.7 Å². The van der Waals surface area contributed by atoms with Gasteiger partial charge in [0.05, 0.1) is 29.2 Å². The zero-order chi connectivity index (χ0) is 18.2. The van der Waals surface area contributed by atoms with Crippen molar-refractivity contribution in [2.75, 3.05) is 11.9 Å². The lowest BCUT2D eigenvalue weighted by molar-refractivity contribution is -0.385. The van der Waals surface area contributed by atoms with Gasteiger partial charge in [-0.25, -0.2) is 4.98 Å². The van der Waals surface area contributed by atoms with E-state index in [1.54, 1.807) is 30.5 Å². The van der Waals surface area contributed by atoms with Gasteiger partial charge in [0.25, 0.3) is 5.69 Å². The highest BCUT2D eigenvalue weighted by Crippen LogP contribution is 2.19. The van der Waals surface area contributed by atoms with Gasteiger partial charge in [-0.2, -0.15) is 0 Å². The van der Waals surface area contributed by atoms with Crippen LogP contribution in [0.3, 0.4) is 0 Å². The van der Waals surface area contributed by atoms with Crippen molar-refractivity contribution >= 4 is 40.1 Å². The summed E-state index contributed by atoms with van der Waals surface area (Å²) in [4.78, 5) is 37.8. The van der Waals surface area contributed by atoms with Crippen LogP contribution < -0.4 is 5.32 Å². The highest BCUT2D eigenvalue weighted by Gasteiger charge is 2.11. The molecule has 0 saturated carbocycles. The number of amides is 1. The number of nitrogens with zero attached hydrogens (tertiary/aromatic N) is 2. The fourth-order valence-electron chi connectivity index (χ4n) is 1.91. The second kappa shape index (κ2) is 8.69. The van der Waals surface area contributed by atoms with Crippen molar-refractivity contribution in [3.8, 4) is 0 Å². The van der Waals surface area contributed by atoms with Gasteiger partial charge in [-0.3, -0.25) is 25.0 Å². The lowest BCUT2D eigenvalue weighted by Gasteiger charge is -1.99. The number of thiazole rings is 1. The van der Waals surface area contributed by atoms with Crippen molar-refractivity contribution < 1.29 is 19.2 Å². The molecule has 0 saturated heterocycles. The second-order valence-corrected chi connectivity index (χ2v) is 5.62. The first-order valence-corrected chi connectivity index (χ1v) is 8.20. The fraction of sp³-hybridized carbons (Fsp3) is 0.188. The SMILES string of the molecule is CCOC(=O)Cc1csc(NC(=O)C=Cc2ccccc2[N+](=O)[O-])n1. The van der Waals surface area contributed by atoms with Gasteiger partial charge in [0, 0.05) is 17.5 Å². The maximum absolute atomic E-state index is 11.9. The monoisotopic (exact) mass is 361 g/mol. The number of benzene rings is 1. The molecule has 1 N–H and O–H groups in total. The van der Waals surface area contributed by atoms with Crippen LogP contribution in [0.5, 0.6) is 0 Å². The summed E-state index contributed by atoms with van der Waals surface area (Å²) >= 11 is 1.17. The van der Waals surface area contributed by atoms with E-state index < -0.39 is 10.8 Å². The van der Waals surface area contributed by atoms with E-state index in [1.165, 1.54) is 29.6 Å². The van der Waals surface area contributed by atoms with Crippen molar-refractivity contribution in [2.24, 2.45) is 0 Å². The molecular weight excluding hydrogens is 346 g/mol. The number of esters is 1. The summed E-state index contributed by atoms with van der Waals surface area (Å²) in [7, 11) is 0. The van der Waals surface area contributed by atoms with Crippen LogP contribution in [0.15, 0.2) is 35.7 Å². The van der Waals surface area contributed by atoms with Crippen LogP contribution in [0, 0.1) is 10.1 Å². The number of carbonyl (C=O) groups is 2. The van der Waals surface area contributed by atoms with Gasteiger partial charge in [0.1, 0.15) is 0 Å². The summed E-state index contributed by atoms with van der Waals surface area (Å²) in [5, 5.41) is 15.4. The van der Waals surface area contributed by atoms with Gasteiger partial charge in [-0.15, -0.1) is 11.3 Å². The van der Waals surface area contributed by atoms with Gasteiger partial charge in [-0.1, -0.05) is 12.1 Å². The topological polar surface area (TPSA) is 111 Å². The Kier molecular flexibility index (Phi) is 6.35. The minimum atomic E-state index is -0.514. The second-order valence-electron chi connectivity index (χ2n) is 4.76. The number of nitro benzene ring substituents is 1. The number of nitrogens with one attached hydrogen (secondary N) is 1. The summed E-state index contributed by atoms with van der Waals surface area (Å²) in [5.74, 6) is -0.864. The molecule has 0 fully saturated rings. The number of anilines is 1. The maximum atomic E-state index is 11.9. The molecule has 2 aromatic rings. The Morgan fingerprint density at radius 2 is 2.16 bits per heavy atom. The zero-order valence-corrected chi connectivity index (χ0v) is 14.1. The van der Waals surface area contributed by atoms with Crippen LogP contribution in [0.25, 0.3) is 6.08 Å². The zero-order valence-electron chi connectivity index (χ0n) is 13.3. The Morgan fingerprint density at radius 1 is 1.40 bits per heavy atom. The third-order valence-electron chi connectivity index (χ3n) is 2.96. The van der Waals surface area contributed by atoms with Gasteiger partial charge in [0.2, 0.25) is 5.91 Å². The molecule has 1 aromatic heterocycles. The van der Waals surface area contributed by atoms with Crippen molar-refractivity contribution in [3.63, 3.8) is 0 Å². The van der Waals surface area contributed by atoms with Crippen molar-refractivity contribution in [1.29, 1.82) is 0 Å². The maximum Gasteiger partial charge on any atom is 0.311 e. The standard InChI is InChI=1S/C16H15N3O5S/c1-2-24-15(21)9-12-10-25-16(17-12)18-14(20)8-7-11-5-3-4-6-13(11)19(22)23/h3-8,10H,2,9H2,1H3,(H,17,18,20). The Hall–Kier alpha value is -3.07. The predicted molar refractivity (Wildman–Crippen MR) is 93.2 cm³/mol. The average Bonchev–Trinajstić information content (AvgIpc) is 3.00. The largest absolute Gasteiger partial charge is 0.466 e. The molecule has 25 heavy (non-hydrogen) atoms. The Morgan fingerprint density at radius 3 is 2.88 bits per heavy atom. The molecule has 1 amide bonds. The first kappa shape index (κ1) is 18.3. The molecule has 0 bridgehead atoms. The number of nitro groups is 1. The minimum Gasteiger partial charge on any atom is -0.466 e. The third-order valence-corrected chi connectivity index (χ3v) is 3.77. The van der Waals surface area contributed by atoms with Gasteiger partial charge < -0.3 is 4.74 Å². The molecule has 0 atom stereocenters. The summed E-state index contributed by atoms with van der Waals surface area (Å²) in [6.45, 7) is 2.01. The minimum absolute atomic E-state index is 0.0340. The first-order chi connectivity index (χ1) is 12.0. The summed E-state index contributed by atoms with van der Waals surface area (Å²) < 4.78 is 4.83. The number of hydrogen-bond donors (Lipinski definition) is 1. The van der Waals surface area contributed by atoms with E-state index in [1.807, 2.05) is 0 Å². The van der Waals surface area contributed by atoms with E-state index in [4.69, 9.17) is 4.74 Å². The highest BCUT2D eigenvalue weighted by molar-refractivity contribution is 7.14. The first-order valence-electron chi connectivity index (χ1n) is 7.32. The van der Waals surface area contributed by atoms with Gasteiger partial charge >= 0.3 is 5.97 Å². The molecule has 9 heteroatoms. The van der Waals surface area contributed by atoms with Crippen molar-refractivity contribution in [2.45, 2.75) is 13.3 Å². The molecule has 0 radical (unpaired) electrons. The summed E-state index contributed by atoms with van der Waals surface area (Å²) in [5.41, 5.74) is 0.740. The molecule has 0 aliphatic carbocycles. The Balaban J connectivity index is 1.98. The number of para-hydroxylation sites is 1. The van der Waals surface area contributed by atoms with E-state index in [9.17, 15) is 19.7 Å². The Labute approximate surface area is 147 Å². The van der Waals surface area contributed by atoms with E-state index in [0.29, 0.717) is 23.0 Å². The molecule has 0 aliphatic heterocycles. The lowest BCUT2D eigenvalue weighted by atomic mass is 10.1. The molecule has 0 unspecified atom stereocenters. The normalized spacial score (nSPS) is 10.6. The Bertz CT molecular complexity index is 816. The van der Waals surface area contributed by atoms with Crippen LogP contribution in [0.2, 0.25) is 0 Å². The molecule has 0 spiro atoms. The highest BCUT2D eigenvalue weighted by atomic mass is 32.1. The van der Waals surface area contributed by atoms with Gasteiger partial charge in [-0.05, 0) is 19.1 Å². The smallest absolute Gasteiger partial charge is 0.311 e. The molecule has 2 rings (SSSR count). The van der Waals surface area contributed by atoms with Crippen LogP contribution >= 0.6 is 11.3 Å². The quantitative estimate of drug-likeness (QED) is 0.351. The number of aromatic nitrogens is 1. The third kappa shape index (κ3) is 5.50. The van der Waals surface area contributed by atoms with Crippen molar-refractivity contribution in [1.82, 2.24) is 4.98 Å². The summed E-state index contributed by atoms with van der Waals surface area (Å²) in [6.07, 6.45) is 2.58. The van der Waals surface area contributed by atoms with Crippen LogP contribution in [0.4, 0.5) is 10.8 Å². The van der Waals surface area contributed by atoms with Gasteiger partial charge in [0.15, 0.2) is 5.13 Å². The van der Waals surface area contributed by atoms with Crippen LogP contribution in [-0.4, -0.2) is 28.4 Å². The van der Waals surface area contributed by atoms with E-state index >= 15 is 0 Å². The number of ether oxygens (including phenoxy) is 1. The number of rotatable bonds is 7. The molecular formula is C16H15N3O5S. The van der Waals surface area contributed by atoms with E-state index in [2.05, 4.69) is 10.3 Å². The summed E-state index contributed by atoms with van der Waals surface area (Å²) in [6, 6.07) is 6.10. The molecule has 1 aromatic carbocycles. The average molecular weight is 361 g/mol. The molecule has 8 nitrogen and oxygen atoms in total. The molecule has 1 heterocycles. The van der Waals surface area contributed by atoms with E-state index in [0.717, 1.165) is 0 Å². The molecule has 0 aliphatic rings. The van der Waals surface area contributed by atoms with E-state index in [-0.39, 0.29) is 18.1 Å². The lowest BCUT2D eigenvalue weighted by Crippen LogP contribution is -2.09. The molecule has 130 valence electrons. The predicted octanol–water partition coefficient (Wildman–Crippen LogP) is 2.81. The fourth-order valence-corrected chi connectivity index (χ4v) is 2.63.